The van der Waals surface area contributed by atoms with Gasteiger partial charge in [0, 0.05) is 4.88 Å². The van der Waals surface area contributed by atoms with Gasteiger partial charge in [0.05, 0.1) is 23.7 Å². The number of aromatic nitrogens is 2. The number of H-pyrrole nitrogens is 1. The predicted octanol–water partition coefficient (Wildman–Crippen LogP) is -0.531. The Morgan fingerprint density at radius 3 is 3.06 bits per heavy atom. The highest BCUT2D eigenvalue weighted by Gasteiger charge is 2.01. The molecule has 16 heavy (non-hydrogen) atoms. The fraction of sp³-hybridized carbons (Fsp3) is 0.182. The van der Waals surface area contributed by atoms with Crippen molar-refractivity contribution in [2.75, 3.05) is 6.61 Å². The van der Waals surface area contributed by atoms with Crippen molar-refractivity contribution < 1.29 is 5.11 Å². The zero-order valence-corrected chi connectivity index (χ0v) is 9.46. The predicted molar refractivity (Wildman–Crippen MR) is 64.8 cm³/mol. The fourth-order valence-electron chi connectivity index (χ4n) is 1.47. The van der Waals surface area contributed by atoms with Crippen molar-refractivity contribution in [2.45, 2.75) is 6.54 Å². The number of aromatic amines is 1. The van der Waals surface area contributed by atoms with Crippen molar-refractivity contribution >= 4 is 24.0 Å². The summed E-state index contributed by atoms with van der Waals surface area (Å²) >= 11 is 1.56. The lowest BCUT2D eigenvalue weighted by molar-refractivity contribution is 0.267. The van der Waals surface area contributed by atoms with E-state index in [0.29, 0.717) is 10.6 Å². The van der Waals surface area contributed by atoms with Crippen LogP contribution in [0.1, 0.15) is 4.88 Å². The molecule has 2 heterocycles. The lowest BCUT2D eigenvalue weighted by atomic mass is 10.3. The van der Waals surface area contributed by atoms with Crippen molar-refractivity contribution in [3.05, 3.63) is 43.3 Å². The van der Waals surface area contributed by atoms with Crippen molar-refractivity contribution in [3.63, 3.8) is 0 Å². The second kappa shape index (κ2) is 4.51. The molecule has 0 amide bonds. The number of aliphatic hydroxyl groups excluding tert-OH is 1. The third-order valence-corrected chi connectivity index (χ3v) is 3.04. The smallest absolute Gasteiger partial charge is 0.274 e. The van der Waals surface area contributed by atoms with E-state index in [0.717, 1.165) is 4.88 Å². The Morgan fingerprint density at radius 2 is 2.44 bits per heavy atom. The van der Waals surface area contributed by atoms with Crippen molar-refractivity contribution in [2.24, 2.45) is 0 Å². The van der Waals surface area contributed by atoms with Gasteiger partial charge in [-0.15, -0.1) is 11.3 Å². The van der Waals surface area contributed by atoms with Crippen molar-refractivity contribution in [3.8, 4) is 0 Å². The minimum absolute atomic E-state index is 0.0711. The molecule has 0 spiro atoms. The molecule has 0 aliphatic rings. The monoisotopic (exact) mass is 236 g/mol. The largest absolute Gasteiger partial charge is 0.394 e. The fourth-order valence-corrected chi connectivity index (χ4v) is 2.13. The van der Waals surface area contributed by atoms with Gasteiger partial charge >= 0.3 is 0 Å². The molecule has 0 saturated heterocycles. The van der Waals surface area contributed by atoms with Crippen molar-refractivity contribution in [1.82, 2.24) is 9.78 Å². The minimum Gasteiger partial charge on any atom is -0.394 e. The van der Waals surface area contributed by atoms with E-state index in [1.165, 1.54) is 4.68 Å². The maximum absolute atomic E-state index is 11.9. The van der Waals surface area contributed by atoms with Crippen LogP contribution in [0, 0.1) is 0 Å². The number of rotatable bonds is 3. The molecule has 0 aliphatic carbocycles. The Morgan fingerprint density at radius 1 is 1.62 bits per heavy atom. The molecule has 5 heteroatoms. The molecular formula is C11H12N2O2S. The molecule has 0 aliphatic heterocycles. The van der Waals surface area contributed by atoms with E-state index in [9.17, 15) is 4.79 Å². The van der Waals surface area contributed by atoms with Crippen LogP contribution in [0.25, 0.3) is 12.7 Å². The number of thiophene rings is 1. The van der Waals surface area contributed by atoms with Gasteiger partial charge in [-0.1, -0.05) is 12.6 Å². The van der Waals surface area contributed by atoms with Crippen LogP contribution in [0.5, 0.6) is 0 Å². The maximum Gasteiger partial charge on any atom is 0.274 e. The maximum atomic E-state index is 11.9. The van der Waals surface area contributed by atoms with Gasteiger partial charge in [-0.05, 0) is 17.5 Å². The Labute approximate surface area is 95.8 Å². The summed E-state index contributed by atoms with van der Waals surface area (Å²) in [7, 11) is 0. The van der Waals surface area contributed by atoms with Crippen LogP contribution >= 0.6 is 11.3 Å². The van der Waals surface area contributed by atoms with Gasteiger partial charge in [0.25, 0.3) is 5.56 Å². The Balaban J connectivity index is 2.58. The van der Waals surface area contributed by atoms with Crippen molar-refractivity contribution in [1.29, 1.82) is 0 Å². The highest BCUT2D eigenvalue weighted by molar-refractivity contribution is 7.10. The van der Waals surface area contributed by atoms with Crippen LogP contribution in [-0.4, -0.2) is 21.5 Å². The molecule has 84 valence electrons. The molecule has 4 nitrogen and oxygen atoms in total. The molecule has 0 radical (unpaired) electrons. The first-order chi connectivity index (χ1) is 7.72. The summed E-state index contributed by atoms with van der Waals surface area (Å²) in [5.74, 6) is 0. The quantitative estimate of drug-likeness (QED) is 0.752. The van der Waals surface area contributed by atoms with E-state index < -0.39 is 0 Å². The molecular weight excluding hydrogens is 224 g/mol. The van der Waals surface area contributed by atoms with E-state index in [-0.39, 0.29) is 18.7 Å². The molecule has 2 aromatic heterocycles. The van der Waals surface area contributed by atoms with Gasteiger partial charge in [0.15, 0.2) is 0 Å². The van der Waals surface area contributed by atoms with Crippen LogP contribution in [0.15, 0.2) is 22.3 Å². The summed E-state index contributed by atoms with van der Waals surface area (Å²) in [6.45, 7) is 3.97. The molecule has 0 unspecified atom stereocenters. The molecule has 0 bridgehead atoms. The molecule has 0 atom stereocenters. The lowest BCUT2D eigenvalue weighted by Crippen LogP contribution is -2.34. The van der Waals surface area contributed by atoms with E-state index >= 15 is 0 Å². The van der Waals surface area contributed by atoms with E-state index in [1.807, 2.05) is 17.5 Å². The van der Waals surface area contributed by atoms with E-state index in [4.69, 9.17) is 5.11 Å². The van der Waals surface area contributed by atoms with Gasteiger partial charge in [-0.25, -0.2) is 4.68 Å². The van der Waals surface area contributed by atoms with Gasteiger partial charge in [0.1, 0.15) is 0 Å². The topological polar surface area (TPSA) is 58.0 Å². The molecule has 2 N–H and O–H groups in total. The third kappa shape index (κ3) is 2.00. The SMILES string of the molecule is C=c1[nH]n(CCO)c(=O)c1=Cc1cccs1. The molecule has 2 rings (SSSR count). The first-order valence-electron chi connectivity index (χ1n) is 4.86. The summed E-state index contributed by atoms with van der Waals surface area (Å²) < 4.78 is 1.36. The van der Waals surface area contributed by atoms with Crippen LogP contribution in [0.3, 0.4) is 0 Å². The summed E-state index contributed by atoms with van der Waals surface area (Å²) in [6.07, 6.45) is 1.81. The first-order valence-corrected chi connectivity index (χ1v) is 5.74. The third-order valence-electron chi connectivity index (χ3n) is 2.22. The standard InChI is InChI=1S/C11H12N2O2S/c1-8-10(7-9-3-2-6-16-9)11(15)13(12-8)4-5-14/h2-3,6-7,12,14H,1,4-5H2. The molecule has 0 aromatic carbocycles. The number of aliphatic hydroxyl groups is 1. The molecule has 0 fully saturated rings. The van der Waals surface area contributed by atoms with Crippen LogP contribution in [0.2, 0.25) is 0 Å². The minimum atomic E-state index is -0.146. The van der Waals surface area contributed by atoms with Crippen LogP contribution in [0.4, 0.5) is 0 Å². The zero-order chi connectivity index (χ0) is 11.5. The van der Waals surface area contributed by atoms with Crippen LogP contribution in [-0.2, 0) is 6.54 Å². The Kier molecular flexibility index (Phi) is 3.07. The zero-order valence-electron chi connectivity index (χ0n) is 8.64. The van der Waals surface area contributed by atoms with Gasteiger partial charge in [-0.3, -0.25) is 9.89 Å². The summed E-state index contributed by atoms with van der Waals surface area (Å²) in [4.78, 5) is 12.9. The summed E-state index contributed by atoms with van der Waals surface area (Å²) in [5, 5.41) is 14.7. The van der Waals surface area contributed by atoms with E-state index in [1.54, 1.807) is 17.4 Å². The van der Waals surface area contributed by atoms with Gasteiger partial charge in [0.2, 0.25) is 0 Å². The van der Waals surface area contributed by atoms with Gasteiger partial charge < -0.3 is 5.11 Å². The Hall–Kier alpha value is -1.59. The normalized spacial score (nSPS) is 12.2. The highest BCUT2D eigenvalue weighted by Crippen LogP contribution is 2.07. The second-order valence-corrected chi connectivity index (χ2v) is 4.32. The average molecular weight is 236 g/mol. The van der Waals surface area contributed by atoms with Gasteiger partial charge in [-0.2, -0.15) is 0 Å². The number of hydrogen-bond donors (Lipinski definition) is 2. The Bertz CT molecular complexity index is 622. The number of nitrogens with zero attached hydrogens (tertiary/aromatic N) is 1. The second-order valence-electron chi connectivity index (χ2n) is 3.34. The summed E-state index contributed by atoms with van der Waals surface area (Å²) in [6, 6.07) is 3.87. The highest BCUT2D eigenvalue weighted by atomic mass is 32.1. The van der Waals surface area contributed by atoms with Crippen LogP contribution < -0.4 is 16.1 Å². The lowest BCUT2D eigenvalue weighted by Gasteiger charge is -1.94. The number of nitrogens with one attached hydrogen (secondary N) is 1. The number of hydrogen-bond acceptors (Lipinski definition) is 3. The summed E-state index contributed by atoms with van der Waals surface area (Å²) in [5.41, 5.74) is -0.146. The van der Waals surface area contributed by atoms with E-state index in [2.05, 4.69) is 11.7 Å². The molecule has 0 saturated carbocycles. The molecule has 2 aromatic rings. The average Bonchev–Trinajstić information content (AvgIpc) is 2.84. The first kappa shape index (κ1) is 10.9.